The van der Waals surface area contributed by atoms with E-state index >= 15 is 0 Å². The Labute approximate surface area is 217 Å². The normalized spacial score (nSPS) is 14.3. The van der Waals surface area contributed by atoms with Gasteiger partial charge in [-0.1, -0.05) is 51.1 Å². The SMILES string of the molecule is CC(=O)Cc1cccc(C[C@@H](C)NC[C@H](O[Si](C)(C)C(C)(C)C)c2ccc(O)c(NS(C)(=O)=O)c2)c1. The van der Waals surface area contributed by atoms with Gasteiger partial charge in [-0.3, -0.25) is 9.52 Å². The van der Waals surface area contributed by atoms with E-state index in [4.69, 9.17) is 4.43 Å². The highest BCUT2D eigenvalue weighted by Gasteiger charge is 2.39. The highest BCUT2D eigenvalue weighted by atomic mass is 32.2. The molecule has 0 saturated carbocycles. The van der Waals surface area contributed by atoms with Crippen LogP contribution >= 0.6 is 0 Å². The second kappa shape index (κ2) is 11.9. The zero-order valence-corrected chi connectivity index (χ0v) is 24.6. The van der Waals surface area contributed by atoms with E-state index < -0.39 is 18.3 Å². The molecule has 0 saturated heterocycles. The molecule has 0 fully saturated rings. The van der Waals surface area contributed by atoms with Gasteiger partial charge in [0.1, 0.15) is 11.5 Å². The molecule has 3 N–H and O–H groups in total. The Bertz CT molecular complexity index is 1160. The molecule has 7 nitrogen and oxygen atoms in total. The zero-order chi connectivity index (χ0) is 27.3. The molecule has 36 heavy (non-hydrogen) atoms. The fraction of sp³-hybridized carbons (Fsp3) is 0.519. The van der Waals surface area contributed by atoms with Crippen LogP contribution in [-0.4, -0.2) is 46.5 Å². The van der Waals surface area contributed by atoms with E-state index in [0.717, 1.165) is 29.4 Å². The lowest BCUT2D eigenvalue weighted by molar-refractivity contribution is -0.116. The summed E-state index contributed by atoms with van der Waals surface area (Å²) in [5.41, 5.74) is 3.09. The number of nitrogens with one attached hydrogen (secondary N) is 2. The van der Waals surface area contributed by atoms with Crippen LogP contribution in [0.1, 0.15) is 57.4 Å². The van der Waals surface area contributed by atoms with Crippen molar-refractivity contribution in [2.24, 2.45) is 0 Å². The average Bonchev–Trinajstić information content (AvgIpc) is 2.70. The highest BCUT2D eigenvalue weighted by molar-refractivity contribution is 7.92. The summed E-state index contributed by atoms with van der Waals surface area (Å²) in [6.45, 7) is 15.1. The van der Waals surface area contributed by atoms with Crippen LogP contribution in [0, 0.1) is 0 Å². The number of benzene rings is 2. The molecule has 2 rings (SSSR count). The van der Waals surface area contributed by atoms with Crippen LogP contribution in [0.3, 0.4) is 0 Å². The van der Waals surface area contributed by atoms with Gasteiger partial charge >= 0.3 is 0 Å². The van der Waals surface area contributed by atoms with Crippen LogP contribution in [0.4, 0.5) is 5.69 Å². The first-order chi connectivity index (χ1) is 16.5. The number of phenolic OH excluding ortho intramolecular Hbond substituents is 1. The summed E-state index contributed by atoms with van der Waals surface area (Å²) < 4.78 is 32.7. The number of hydrogen-bond acceptors (Lipinski definition) is 6. The Hall–Kier alpha value is -2.20. The molecular weight excluding hydrogens is 492 g/mol. The van der Waals surface area contributed by atoms with E-state index in [0.29, 0.717) is 13.0 Å². The number of rotatable bonds is 12. The number of ketones is 1. The van der Waals surface area contributed by atoms with Crippen molar-refractivity contribution in [1.82, 2.24) is 5.32 Å². The second-order valence-electron chi connectivity index (χ2n) is 11.2. The summed E-state index contributed by atoms with van der Waals surface area (Å²) in [5, 5.41) is 13.8. The number of phenols is 1. The van der Waals surface area contributed by atoms with E-state index in [9.17, 15) is 18.3 Å². The molecule has 2 aromatic rings. The Kier molecular flexibility index (Phi) is 9.92. The maximum atomic E-state index is 11.8. The van der Waals surface area contributed by atoms with Gasteiger partial charge in [-0.25, -0.2) is 8.42 Å². The van der Waals surface area contributed by atoms with E-state index in [1.807, 2.05) is 12.1 Å². The van der Waals surface area contributed by atoms with Crippen molar-refractivity contribution in [2.45, 2.75) is 77.7 Å². The first-order valence-corrected chi connectivity index (χ1v) is 17.1. The molecule has 0 aliphatic rings. The average molecular weight is 535 g/mol. The zero-order valence-electron chi connectivity index (χ0n) is 22.8. The molecule has 0 aliphatic heterocycles. The molecular formula is C27H42N2O5SSi. The van der Waals surface area contributed by atoms with Gasteiger partial charge in [0.2, 0.25) is 10.0 Å². The first-order valence-electron chi connectivity index (χ1n) is 12.3. The summed E-state index contributed by atoms with van der Waals surface area (Å²) in [5.74, 6) is 0.00425. The molecule has 0 amide bonds. The van der Waals surface area contributed by atoms with Crippen LogP contribution in [0.25, 0.3) is 0 Å². The number of Topliss-reactive ketones (excluding diaryl/α,β-unsaturated/α-hetero) is 1. The number of hydrogen-bond donors (Lipinski definition) is 3. The fourth-order valence-corrected chi connectivity index (χ4v) is 5.53. The molecule has 0 bridgehead atoms. The maximum absolute atomic E-state index is 11.8. The van der Waals surface area contributed by atoms with Gasteiger partial charge in [-0.2, -0.15) is 0 Å². The van der Waals surface area contributed by atoms with E-state index in [-0.39, 0.29) is 34.4 Å². The summed E-state index contributed by atoms with van der Waals surface area (Å²) >= 11 is 0. The van der Waals surface area contributed by atoms with Gasteiger partial charge in [0, 0.05) is 19.0 Å². The van der Waals surface area contributed by atoms with E-state index in [1.54, 1.807) is 19.1 Å². The third-order valence-corrected chi connectivity index (χ3v) is 11.6. The maximum Gasteiger partial charge on any atom is 0.229 e. The molecule has 2 atom stereocenters. The Morgan fingerprint density at radius 3 is 2.33 bits per heavy atom. The van der Waals surface area contributed by atoms with Crippen molar-refractivity contribution in [3.8, 4) is 5.75 Å². The van der Waals surface area contributed by atoms with Crippen LogP contribution in [0.15, 0.2) is 42.5 Å². The molecule has 200 valence electrons. The second-order valence-corrected chi connectivity index (χ2v) is 17.7. The van der Waals surface area contributed by atoms with E-state index in [1.165, 1.54) is 6.07 Å². The van der Waals surface area contributed by atoms with Crippen molar-refractivity contribution in [1.29, 1.82) is 0 Å². The minimum atomic E-state index is -3.55. The first kappa shape index (κ1) is 30.0. The van der Waals surface area contributed by atoms with Gasteiger partial charge in [0.05, 0.1) is 18.0 Å². The number of anilines is 1. The molecule has 0 radical (unpaired) electrons. The lowest BCUT2D eigenvalue weighted by atomic mass is 10.0. The molecule has 2 aromatic carbocycles. The van der Waals surface area contributed by atoms with Crippen molar-refractivity contribution < 1.29 is 22.7 Å². The van der Waals surface area contributed by atoms with Crippen molar-refractivity contribution in [2.75, 3.05) is 17.5 Å². The molecule has 0 aromatic heterocycles. The standard InChI is InChI=1S/C27H42N2O5SSi/c1-19(14-21-10-9-11-22(16-21)15-20(2)30)28-18-26(34-36(7,8)27(3,4)5)23-12-13-25(31)24(17-23)29-35(6,32)33/h9-13,16-17,19,26,28-29,31H,14-15,18H2,1-8H3/t19-,26+/m1/s1. The molecule has 0 spiro atoms. The van der Waals surface area contributed by atoms with Crippen LogP contribution in [-0.2, 0) is 32.1 Å². The topological polar surface area (TPSA) is 105 Å². The van der Waals surface area contributed by atoms with Gasteiger partial charge in [-0.15, -0.1) is 0 Å². The largest absolute Gasteiger partial charge is 0.506 e. The fourth-order valence-electron chi connectivity index (χ4n) is 3.68. The molecule has 0 unspecified atom stereocenters. The smallest absolute Gasteiger partial charge is 0.229 e. The minimum absolute atomic E-state index is 0.0151. The highest BCUT2D eigenvalue weighted by Crippen LogP contribution is 2.40. The summed E-state index contributed by atoms with van der Waals surface area (Å²) in [7, 11) is -5.72. The predicted molar refractivity (Wildman–Crippen MR) is 150 cm³/mol. The summed E-state index contributed by atoms with van der Waals surface area (Å²) in [6.07, 6.45) is 1.94. The predicted octanol–water partition coefficient (Wildman–Crippen LogP) is 5.18. The summed E-state index contributed by atoms with van der Waals surface area (Å²) in [4.78, 5) is 11.5. The monoisotopic (exact) mass is 534 g/mol. The number of aromatic hydroxyl groups is 1. The Morgan fingerprint density at radius 1 is 1.11 bits per heavy atom. The van der Waals surface area contributed by atoms with Crippen molar-refractivity contribution >= 4 is 29.8 Å². The van der Waals surface area contributed by atoms with Crippen molar-refractivity contribution in [3.63, 3.8) is 0 Å². The van der Waals surface area contributed by atoms with Gasteiger partial charge < -0.3 is 14.8 Å². The van der Waals surface area contributed by atoms with Gasteiger partial charge in [-0.05, 0) is 67.2 Å². The molecule has 9 heteroatoms. The van der Waals surface area contributed by atoms with Crippen LogP contribution < -0.4 is 10.0 Å². The van der Waals surface area contributed by atoms with Gasteiger partial charge in [0.25, 0.3) is 0 Å². The van der Waals surface area contributed by atoms with Crippen molar-refractivity contribution in [3.05, 3.63) is 59.2 Å². The number of sulfonamides is 1. The van der Waals surface area contributed by atoms with Gasteiger partial charge in [0.15, 0.2) is 8.32 Å². The third-order valence-electron chi connectivity index (χ3n) is 6.57. The molecule has 0 aliphatic carbocycles. The quantitative estimate of drug-likeness (QED) is 0.256. The lowest BCUT2D eigenvalue weighted by Crippen LogP contribution is -2.44. The Morgan fingerprint density at radius 2 is 1.75 bits per heavy atom. The molecule has 0 heterocycles. The number of carbonyl (C=O) groups excluding carboxylic acids is 1. The van der Waals surface area contributed by atoms with Crippen LogP contribution in [0.2, 0.25) is 18.1 Å². The summed E-state index contributed by atoms with van der Waals surface area (Å²) in [6, 6.07) is 13.1. The van der Waals surface area contributed by atoms with Crippen LogP contribution in [0.5, 0.6) is 5.75 Å². The van der Waals surface area contributed by atoms with E-state index in [2.05, 4.69) is 63.0 Å². The Balaban J connectivity index is 2.25. The number of carbonyl (C=O) groups is 1. The lowest BCUT2D eigenvalue weighted by Gasteiger charge is -2.40. The minimum Gasteiger partial charge on any atom is -0.506 e. The third kappa shape index (κ3) is 9.35.